The first-order chi connectivity index (χ1) is 11.7. The van der Waals surface area contributed by atoms with E-state index in [2.05, 4.69) is 26.5 Å². The van der Waals surface area contributed by atoms with Crippen molar-refractivity contribution in [2.75, 3.05) is 0 Å². The molecule has 0 unspecified atom stereocenters. The molecule has 3 heteroatoms. The van der Waals surface area contributed by atoms with E-state index < -0.39 is 0 Å². The molecule has 1 saturated carbocycles. The van der Waals surface area contributed by atoms with Gasteiger partial charge in [-0.05, 0) is 70.3 Å². The van der Waals surface area contributed by atoms with Crippen molar-refractivity contribution in [1.29, 1.82) is 0 Å². The molecule has 0 heterocycles. The van der Waals surface area contributed by atoms with Crippen LogP contribution < -0.4 is 0 Å². The SMILES string of the molecule is C=C1CC[C@@H]([C@H](C)C[C@H](C=C(C)C)OC(C)=O)[C@@H](O)[C@@H]2C(C)=CC[C@@H]12. The number of hydrogen-bond donors (Lipinski definition) is 1. The molecule has 0 amide bonds. The molecular weight excluding hydrogens is 312 g/mol. The minimum atomic E-state index is -0.345. The first kappa shape index (κ1) is 20.0. The average molecular weight is 347 g/mol. The van der Waals surface area contributed by atoms with Crippen LogP contribution in [0.4, 0.5) is 0 Å². The van der Waals surface area contributed by atoms with Crippen molar-refractivity contribution in [3.63, 3.8) is 0 Å². The van der Waals surface area contributed by atoms with Gasteiger partial charge in [-0.2, -0.15) is 0 Å². The maximum atomic E-state index is 11.4. The Hall–Kier alpha value is -1.35. The van der Waals surface area contributed by atoms with Crippen LogP contribution >= 0.6 is 0 Å². The first-order valence-corrected chi connectivity index (χ1v) is 9.55. The normalized spacial score (nSPS) is 31.4. The number of fused-ring (bicyclic) bond motifs is 1. The molecule has 6 atom stereocenters. The Bertz CT molecular complexity index is 568. The molecule has 2 rings (SSSR count). The van der Waals surface area contributed by atoms with E-state index in [0.717, 1.165) is 31.3 Å². The Labute approximate surface area is 152 Å². The summed E-state index contributed by atoms with van der Waals surface area (Å²) in [4.78, 5) is 11.4. The van der Waals surface area contributed by atoms with Gasteiger partial charge in [0.05, 0.1) is 6.10 Å². The third kappa shape index (κ3) is 4.84. The van der Waals surface area contributed by atoms with Crippen molar-refractivity contribution in [3.8, 4) is 0 Å². The molecule has 2 aliphatic rings. The van der Waals surface area contributed by atoms with Crippen molar-refractivity contribution in [2.45, 2.75) is 72.5 Å². The van der Waals surface area contributed by atoms with Gasteiger partial charge in [-0.3, -0.25) is 4.79 Å². The fourth-order valence-electron chi connectivity index (χ4n) is 4.71. The van der Waals surface area contributed by atoms with Crippen LogP contribution in [0.15, 0.2) is 35.5 Å². The lowest BCUT2D eigenvalue weighted by molar-refractivity contribution is -0.145. The second-order valence-electron chi connectivity index (χ2n) is 8.27. The molecule has 3 nitrogen and oxygen atoms in total. The standard InChI is InChI=1S/C22H34O3/c1-13(2)11-18(25-17(6)23)12-16(5)20-10-7-14(3)19-9-8-15(4)21(19)22(20)24/h8,11,16,18-22,24H,3,7,9-10,12H2,1-2,4-6H3/t16-,18+,19+,20+,21-,22-/m1/s1. The Morgan fingerprint density at radius 3 is 2.72 bits per heavy atom. The van der Waals surface area contributed by atoms with Crippen molar-refractivity contribution < 1.29 is 14.6 Å². The number of aliphatic hydroxyl groups excluding tert-OH is 1. The van der Waals surface area contributed by atoms with Crippen LogP contribution in [0.25, 0.3) is 0 Å². The van der Waals surface area contributed by atoms with Crippen molar-refractivity contribution in [3.05, 3.63) is 35.5 Å². The van der Waals surface area contributed by atoms with Gasteiger partial charge in [0.25, 0.3) is 0 Å². The van der Waals surface area contributed by atoms with Gasteiger partial charge < -0.3 is 9.84 Å². The highest BCUT2D eigenvalue weighted by atomic mass is 16.5. The summed E-state index contributed by atoms with van der Waals surface area (Å²) >= 11 is 0. The predicted molar refractivity (Wildman–Crippen MR) is 102 cm³/mol. The summed E-state index contributed by atoms with van der Waals surface area (Å²) < 4.78 is 5.49. The highest BCUT2D eigenvalue weighted by molar-refractivity contribution is 5.66. The number of carbonyl (C=O) groups is 1. The highest BCUT2D eigenvalue weighted by Crippen LogP contribution is 2.47. The number of carbonyl (C=O) groups excluding carboxylic acids is 1. The molecule has 0 aromatic heterocycles. The summed E-state index contributed by atoms with van der Waals surface area (Å²) in [5, 5.41) is 11.1. The van der Waals surface area contributed by atoms with Gasteiger partial charge in [0.1, 0.15) is 6.10 Å². The topological polar surface area (TPSA) is 46.5 Å². The van der Waals surface area contributed by atoms with Gasteiger partial charge in [0, 0.05) is 12.8 Å². The first-order valence-electron chi connectivity index (χ1n) is 9.55. The molecule has 0 aromatic rings. The molecule has 0 spiro atoms. The van der Waals surface area contributed by atoms with Crippen molar-refractivity contribution in [2.24, 2.45) is 23.7 Å². The molecule has 0 radical (unpaired) electrons. The third-order valence-corrected chi connectivity index (χ3v) is 5.95. The molecule has 140 valence electrons. The Balaban J connectivity index is 2.14. The second kappa shape index (κ2) is 8.35. The Morgan fingerprint density at radius 2 is 2.12 bits per heavy atom. The quantitative estimate of drug-likeness (QED) is 0.573. The van der Waals surface area contributed by atoms with Crippen molar-refractivity contribution in [1.82, 2.24) is 0 Å². The van der Waals surface area contributed by atoms with Crippen LogP contribution in [0, 0.1) is 23.7 Å². The third-order valence-electron chi connectivity index (χ3n) is 5.95. The summed E-state index contributed by atoms with van der Waals surface area (Å²) in [5.41, 5.74) is 3.73. The van der Waals surface area contributed by atoms with Crippen LogP contribution in [-0.4, -0.2) is 23.3 Å². The van der Waals surface area contributed by atoms with Gasteiger partial charge in [-0.15, -0.1) is 0 Å². The van der Waals surface area contributed by atoms with Crippen molar-refractivity contribution >= 4 is 5.97 Å². The largest absolute Gasteiger partial charge is 0.458 e. The number of esters is 1. The molecule has 1 N–H and O–H groups in total. The Morgan fingerprint density at radius 1 is 1.44 bits per heavy atom. The molecular formula is C22H34O3. The lowest BCUT2D eigenvalue weighted by atomic mass is 9.76. The maximum absolute atomic E-state index is 11.4. The zero-order chi connectivity index (χ0) is 18.7. The lowest BCUT2D eigenvalue weighted by Gasteiger charge is -2.33. The Kier molecular flexibility index (Phi) is 6.67. The monoisotopic (exact) mass is 346 g/mol. The van der Waals surface area contributed by atoms with Crippen LogP contribution in [0.1, 0.15) is 60.3 Å². The fraction of sp³-hybridized carbons (Fsp3) is 0.682. The van der Waals surface area contributed by atoms with E-state index >= 15 is 0 Å². The van der Waals surface area contributed by atoms with E-state index in [-0.39, 0.29) is 35.9 Å². The maximum Gasteiger partial charge on any atom is 0.303 e. The summed E-state index contributed by atoms with van der Waals surface area (Å²) in [7, 11) is 0. The van der Waals surface area contributed by atoms with Gasteiger partial charge >= 0.3 is 5.97 Å². The smallest absolute Gasteiger partial charge is 0.303 e. The zero-order valence-electron chi connectivity index (χ0n) is 16.4. The summed E-state index contributed by atoms with van der Waals surface area (Å²) in [6.45, 7) is 14.1. The summed E-state index contributed by atoms with van der Waals surface area (Å²) in [5.74, 6) is 0.832. The van der Waals surface area contributed by atoms with E-state index in [0.29, 0.717) is 5.92 Å². The molecule has 0 aliphatic heterocycles. The number of allylic oxidation sites excluding steroid dienone is 3. The minimum absolute atomic E-state index is 0.205. The minimum Gasteiger partial charge on any atom is -0.458 e. The van der Waals surface area contributed by atoms with Crippen LogP contribution in [0.5, 0.6) is 0 Å². The van der Waals surface area contributed by atoms with Crippen LogP contribution in [0.2, 0.25) is 0 Å². The molecule has 25 heavy (non-hydrogen) atoms. The second-order valence-corrected chi connectivity index (χ2v) is 8.27. The molecule has 1 fully saturated rings. The predicted octanol–water partition coefficient (Wildman–Crippen LogP) is 4.82. The average Bonchev–Trinajstić information content (AvgIpc) is 2.81. The van der Waals surface area contributed by atoms with E-state index in [1.807, 2.05) is 19.9 Å². The molecule has 2 aliphatic carbocycles. The van der Waals surface area contributed by atoms with E-state index in [4.69, 9.17) is 4.74 Å². The highest BCUT2D eigenvalue weighted by Gasteiger charge is 2.42. The number of ether oxygens (including phenoxy) is 1. The molecule has 0 bridgehead atoms. The van der Waals surface area contributed by atoms with E-state index in [1.54, 1.807) is 0 Å². The van der Waals surface area contributed by atoms with Crippen LogP contribution in [0.3, 0.4) is 0 Å². The van der Waals surface area contributed by atoms with Gasteiger partial charge in [-0.25, -0.2) is 0 Å². The fourth-order valence-corrected chi connectivity index (χ4v) is 4.71. The lowest BCUT2D eigenvalue weighted by Crippen LogP contribution is -2.35. The summed E-state index contributed by atoms with van der Waals surface area (Å²) in [6.07, 6.45) is 7.43. The summed E-state index contributed by atoms with van der Waals surface area (Å²) in [6, 6.07) is 0. The van der Waals surface area contributed by atoms with Gasteiger partial charge in [0.15, 0.2) is 0 Å². The molecule has 0 aromatic carbocycles. The number of rotatable bonds is 5. The van der Waals surface area contributed by atoms with Gasteiger partial charge in [-0.1, -0.05) is 36.3 Å². The zero-order valence-corrected chi connectivity index (χ0v) is 16.4. The van der Waals surface area contributed by atoms with E-state index in [9.17, 15) is 9.90 Å². The number of aliphatic hydroxyl groups is 1. The van der Waals surface area contributed by atoms with Crippen LogP contribution in [-0.2, 0) is 9.53 Å². The molecule has 0 saturated heterocycles. The van der Waals surface area contributed by atoms with Gasteiger partial charge in [0.2, 0.25) is 0 Å². The number of hydrogen-bond acceptors (Lipinski definition) is 3. The van der Waals surface area contributed by atoms with E-state index in [1.165, 1.54) is 18.1 Å².